The first-order valence-electron chi connectivity index (χ1n) is 9.14. The van der Waals surface area contributed by atoms with Gasteiger partial charge in [-0.2, -0.15) is 0 Å². The summed E-state index contributed by atoms with van der Waals surface area (Å²) in [6.07, 6.45) is 2.79. The molecular weight excluding hydrogens is 354 g/mol. The fourth-order valence-electron chi connectivity index (χ4n) is 2.76. The molecule has 1 fully saturated rings. The van der Waals surface area contributed by atoms with E-state index in [1.165, 1.54) is 0 Å². The van der Waals surface area contributed by atoms with Crippen molar-refractivity contribution in [2.24, 2.45) is 5.92 Å². The standard InChI is InChI=1S/C20H30ClNO4/c1-6-26-20(4,14-7-8-14)18(23)22-15-9-10-17(16(21)13-15)25-12-11-19(2,3)24-5/h9-10,13-14H,6-8,11-12H2,1-5H3,(H,22,23). The Kier molecular flexibility index (Phi) is 6.94. The highest BCUT2D eigenvalue weighted by Gasteiger charge is 2.48. The fraction of sp³-hybridized carbons (Fsp3) is 0.650. The second kappa shape index (κ2) is 8.59. The summed E-state index contributed by atoms with van der Waals surface area (Å²) in [6.45, 7) is 8.78. The third kappa shape index (κ3) is 5.35. The Morgan fingerprint density at radius 2 is 2.00 bits per heavy atom. The highest BCUT2D eigenvalue weighted by Crippen LogP contribution is 2.42. The number of anilines is 1. The van der Waals surface area contributed by atoms with Crippen molar-refractivity contribution in [1.29, 1.82) is 0 Å². The largest absolute Gasteiger partial charge is 0.492 e. The zero-order valence-corrected chi connectivity index (χ0v) is 17.1. The van der Waals surface area contributed by atoms with Crippen LogP contribution in [0.1, 0.15) is 47.0 Å². The summed E-state index contributed by atoms with van der Waals surface area (Å²) in [5.41, 5.74) is -0.397. The predicted molar refractivity (Wildman–Crippen MR) is 104 cm³/mol. The summed E-state index contributed by atoms with van der Waals surface area (Å²) in [4.78, 5) is 12.7. The van der Waals surface area contributed by atoms with Crippen molar-refractivity contribution in [3.05, 3.63) is 23.2 Å². The minimum atomic E-state index is -0.790. The minimum Gasteiger partial charge on any atom is -0.492 e. The van der Waals surface area contributed by atoms with Crippen molar-refractivity contribution in [3.8, 4) is 5.75 Å². The number of amides is 1. The van der Waals surface area contributed by atoms with Gasteiger partial charge in [0, 0.05) is 25.8 Å². The van der Waals surface area contributed by atoms with Gasteiger partial charge in [0.25, 0.3) is 5.91 Å². The third-order valence-corrected chi connectivity index (χ3v) is 5.25. The van der Waals surface area contributed by atoms with E-state index in [0.717, 1.165) is 19.3 Å². The van der Waals surface area contributed by atoms with E-state index < -0.39 is 5.60 Å². The third-order valence-electron chi connectivity index (χ3n) is 4.96. The molecule has 1 unspecified atom stereocenters. The molecule has 0 aromatic heterocycles. The Labute approximate surface area is 161 Å². The average molecular weight is 384 g/mol. The Morgan fingerprint density at radius 3 is 2.54 bits per heavy atom. The molecule has 1 atom stereocenters. The van der Waals surface area contributed by atoms with Crippen molar-refractivity contribution in [3.63, 3.8) is 0 Å². The van der Waals surface area contributed by atoms with Crippen LogP contribution in [0.5, 0.6) is 5.75 Å². The first kappa shape index (κ1) is 21.0. The van der Waals surface area contributed by atoms with Crippen LogP contribution in [0.4, 0.5) is 5.69 Å². The Hall–Kier alpha value is -1.30. The van der Waals surface area contributed by atoms with Gasteiger partial charge < -0.3 is 19.5 Å². The molecule has 1 saturated carbocycles. The van der Waals surface area contributed by atoms with Crippen LogP contribution in [0.3, 0.4) is 0 Å². The van der Waals surface area contributed by atoms with Crippen molar-refractivity contribution in [1.82, 2.24) is 0 Å². The first-order chi connectivity index (χ1) is 12.2. The lowest BCUT2D eigenvalue weighted by atomic mass is 9.99. The number of nitrogens with one attached hydrogen (secondary N) is 1. The van der Waals surface area contributed by atoms with E-state index in [1.807, 2.05) is 27.7 Å². The van der Waals surface area contributed by atoms with E-state index in [4.69, 9.17) is 25.8 Å². The Morgan fingerprint density at radius 1 is 1.31 bits per heavy atom. The maximum absolute atomic E-state index is 12.7. The average Bonchev–Trinajstić information content (AvgIpc) is 3.42. The fourth-order valence-corrected chi connectivity index (χ4v) is 3.00. The molecule has 1 N–H and O–H groups in total. The summed E-state index contributed by atoms with van der Waals surface area (Å²) in [6, 6.07) is 5.27. The molecule has 0 heterocycles. The molecular formula is C20H30ClNO4. The van der Waals surface area contributed by atoms with E-state index in [0.29, 0.717) is 29.7 Å². The molecule has 146 valence electrons. The van der Waals surface area contributed by atoms with Gasteiger partial charge in [-0.3, -0.25) is 4.79 Å². The first-order valence-corrected chi connectivity index (χ1v) is 9.52. The molecule has 1 aromatic carbocycles. The highest BCUT2D eigenvalue weighted by atomic mass is 35.5. The van der Waals surface area contributed by atoms with Crippen LogP contribution in [0.2, 0.25) is 5.02 Å². The lowest BCUT2D eigenvalue weighted by Crippen LogP contribution is -2.44. The van der Waals surface area contributed by atoms with Crippen LogP contribution in [0, 0.1) is 5.92 Å². The van der Waals surface area contributed by atoms with Crippen molar-refractivity contribution >= 4 is 23.2 Å². The number of ether oxygens (including phenoxy) is 3. The molecule has 1 aromatic rings. The zero-order valence-electron chi connectivity index (χ0n) is 16.4. The number of hydrogen-bond acceptors (Lipinski definition) is 4. The van der Waals surface area contributed by atoms with Crippen LogP contribution in [-0.4, -0.2) is 37.4 Å². The second-order valence-electron chi connectivity index (χ2n) is 7.48. The Balaban J connectivity index is 1.97. The Bertz CT molecular complexity index is 630. The van der Waals surface area contributed by atoms with Gasteiger partial charge in [0.05, 0.1) is 17.2 Å². The van der Waals surface area contributed by atoms with Gasteiger partial charge in [0.15, 0.2) is 0 Å². The highest BCUT2D eigenvalue weighted by molar-refractivity contribution is 6.32. The number of methoxy groups -OCH3 is 1. The summed E-state index contributed by atoms with van der Waals surface area (Å²) >= 11 is 6.31. The number of rotatable bonds is 10. The van der Waals surface area contributed by atoms with E-state index in [2.05, 4.69) is 5.32 Å². The molecule has 1 amide bonds. The number of carbonyl (C=O) groups is 1. The van der Waals surface area contributed by atoms with E-state index in [9.17, 15) is 4.79 Å². The van der Waals surface area contributed by atoms with Gasteiger partial charge in [-0.15, -0.1) is 0 Å². The summed E-state index contributed by atoms with van der Waals surface area (Å²) in [7, 11) is 1.68. The monoisotopic (exact) mass is 383 g/mol. The molecule has 6 heteroatoms. The van der Waals surface area contributed by atoms with Crippen LogP contribution in [0.15, 0.2) is 18.2 Å². The molecule has 0 bridgehead atoms. The van der Waals surface area contributed by atoms with E-state index >= 15 is 0 Å². The molecule has 0 aliphatic heterocycles. The maximum atomic E-state index is 12.7. The van der Waals surface area contributed by atoms with Crippen LogP contribution in [-0.2, 0) is 14.3 Å². The quantitative estimate of drug-likeness (QED) is 0.637. The lowest BCUT2D eigenvalue weighted by molar-refractivity contribution is -0.141. The molecule has 0 radical (unpaired) electrons. The van der Waals surface area contributed by atoms with Gasteiger partial charge in [0.2, 0.25) is 0 Å². The summed E-state index contributed by atoms with van der Waals surface area (Å²) in [5.74, 6) is 0.740. The second-order valence-corrected chi connectivity index (χ2v) is 7.88. The van der Waals surface area contributed by atoms with Crippen LogP contribution >= 0.6 is 11.6 Å². The molecule has 5 nitrogen and oxygen atoms in total. The topological polar surface area (TPSA) is 56.8 Å². The van der Waals surface area contributed by atoms with Crippen molar-refractivity contribution in [2.75, 3.05) is 25.6 Å². The number of hydrogen-bond donors (Lipinski definition) is 1. The molecule has 0 spiro atoms. The van der Waals surface area contributed by atoms with Crippen molar-refractivity contribution in [2.45, 2.75) is 58.2 Å². The smallest absolute Gasteiger partial charge is 0.256 e. The number of halogens is 1. The lowest BCUT2D eigenvalue weighted by Gasteiger charge is -2.28. The summed E-state index contributed by atoms with van der Waals surface area (Å²) < 4.78 is 16.9. The van der Waals surface area contributed by atoms with Crippen molar-refractivity contribution < 1.29 is 19.0 Å². The molecule has 1 aliphatic rings. The van der Waals surface area contributed by atoms with E-state index in [-0.39, 0.29) is 17.4 Å². The SMILES string of the molecule is CCOC(C)(C(=O)Nc1ccc(OCCC(C)(C)OC)c(Cl)c1)C1CC1. The van der Waals surface area contributed by atoms with E-state index in [1.54, 1.807) is 25.3 Å². The normalized spacial score (nSPS) is 16.8. The van der Waals surface area contributed by atoms with Crippen LogP contribution in [0.25, 0.3) is 0 Å². The molecule has 0 saturated heterocycles. The maximum Gasteiger partial charge on any atom is 0.256 e. The van der Waals surface area contributed by atoms with Gasteiger partial charge in [-0.25, -0.2) is 0 Å². The van der Waals surface area contributed by atoms with Gasteiger partial charge in [0.1, 0.15) is 11.4 Å². The zero-order chi connectivity index (χ0) is 19.4. The number of benzene rings is 1. The minimum absolute atomic E-state index is 0.131. The molecule has 1 aliphatic carbocycles. The van der Waals surface area contributed by atoms with Gasteiger partial charge >= 0.3 is 0 Å². The summed E-state index contributed by atoms with van der Waals surface area (Å²) in [5, 5.41) is 3.38. The molecule has 26 heavy (non-hydrogen) atoms. The number of carbonyl (C=O) groups excluding carboxylic acids is 1. The molecule has 2 rings (SSSR count). The predicted octanol–water partition coefficient (Wildman–Crippen LogP) is 4.68. The van der Waals surface area contributed by atoms with Gasteiger partial charge in [-0.05, 0) is 64.7 Å². The van der Waals surface area contributed by atoms with Gasteiger partial charge in [-0.1, -0.05) is 11.6 Å². The van der Waals surface area contributed by atoms with Crippen LogP contribution < -0.4 is 10.1 Å².